The van der Waals surface area contributed by atoms with Crippen molar-refractivity contribution in [2.75, 3.05) is 40.0 Å². The number of methoxy groups -OCH3 is 1. The Morgan fingerprint density at radius 1 is 1.06 bits per heavy atom. The molecule has 0 aliphatic heterocycles. The molecule has 0 radical (unpaired) electrons. The second kappa shape index (κ2) is 9.42. The van der Waals surface area contributed by atoms with E-state index in [4.69, 9.17) is 9.47 Å². The molecule has 0 saturated heterocycles. The number of hydrogen-bond donors (Lipinski definition) is 0. The molecule has 0 saturated carbocycles. The van der Waals surface area contributed by atoms with Crippen LogP contribution in [0.25, 0.3) is 0 Å². The smallest absolute Gasteiger partial charge is 0.248 e. The monoisotopic (exact) mass is 245 g/mol. The Bertz CT molecular complexity index is 195. The molecule has 17 heavy (non-hydrogen) atoms. The van der Waals surface area contributed by atoms with E-state index < -0.39 is 0 Å². The van der Waals surface area contributed by atoms with Gasteiger partial charge < -0.3 is 14.4 Å². The Balaban J connectivity index is 4.03. The summed E-state index contributed by atoms with van der Waals surface area (Å²) in [6.45, 7) is 11.2. The topological polar surface area (TPSA) is 38.8 Å². The van der Waals surface area contributed by atoms with Crippen molar-refractivity contribution in [3.63, 3.8) is 0 Å². The maximum absolute atomic E-state index is 11.9. The van der Waals surface area contributed by atoms with Gasteiger partial charge in [0.1, 0.15) is 6.61 Å². The summed E-state index contributed by atoms with van der Waals surface area (Å²) in [7, 11) is 1.62. The maximum atomic E-state index is 11.9. The van der Waals surface area contributed by atoms with E-state index in [2.05, 4.69) is 27.7 Å². The highest BCUT2D eigenvalue weighted by atomic mass is 16.5. The van der Waals surface area contributed by atoms with Crippen molar-refractivity contribution in [1.82, 2.24) is 4.90 Å². The fraction of sp³-hybridized carbons (Fsp3) is 0.923. The maximum Gasteiger partial charge on any atom is 0.248 e. The second-order valence-corrected chi connectivity index (χ2v) is 5.13. The minimum Gasteiger partial charge on any atom is -0.382 e. The van der Waals surface area contributed by atoms with E-state index in [0.717, 1.165) is 13.1 Å². The van der Waals surface area contributed by atoms with Gasteiger partial charge in [-0.15, -0.1) is 0 Å². The van der Waals surface area contributed by atoms with Crippen molar-refractivity contribution >= 4 is 5.91 Å². The average Bonchev–Trinajstić information content (AvgIpc) is 2.22. The molecule has 0 fully saturated rings. The second-order valence-electron chi connectivity index (χ2n) is 5.13. The molecule has 0 unspecified atom stereocenters. The number of carbonyl (C=O) groups is 1. The number of carbonyl (C=O) groups excluding carboxylic acids is 1. The summed E-state index contributed by atoms with van der Waals surface area (Å²) in [5.41, 5.74) is 0. The summed E-state index contributed by atoms with van der Waals surface area (Å²) in [5.74, 6) is 1.04. The molecule has 4 nitrogen and oxygen atoms in total. The molecule has 1 amide bonds. The van der Waals surface area contributed by atoms with E-state index in [1.165, 1.54) is 0 Å². The van der Waals surface area contributed by atoms with Crippen molar-refractivity contribution in [2.45, 2.75) is 27.7 Å². The predicted molar refractivity (Wildman–Crippen MR) is 69.0 cm³/mol. The summed E-state index contributed by atoms with van der Waals surface area (Å²) in [5, 5.41) is 0. The zero-order valence-electron chi connectivity index (χ0n) is 11.9. The highest BCUT2D eigenvalue weighted by Crippen LogP contribution is 2.04. The number of ether oxygens (including phenoxy) is 2. The van der Waals surface area contributed by atoms with E-state index in [9.17, 15) is 4.79 Å². The molecule has 0 spiro atoms. The Morgan fingerprint density at radius 3 is 2.00 bits per heavy atom. The highest BCUT2D eigenvalue weighted by Gasteiger charge is 2.15. The lowest BCUT2D eigenvalue weighted by molar-refractivity contribution is -0.137. The lowest BCUT2D eigenvalue weighted by atomic mass is 10.1. The SMILES string of the molecule is COCCOCC(=O)N(CC(C)C)CC(C)C. The molecule has 0 aromatic heterocycles. The first-order chi connectivity index (χ1) is 7.97. The molecule has 4 heteroatoms. The van der Waals surface area contributed by atoms with Gasteiger partial charge in [0.25, 0.3) is 0 Å². The third-order valence-corrected chi connectivity index (χ3v) is 2.18. The molecular weight excluding hydrogens is 218 g/mol. The summed E-state index contributed by atoms with van der Waals surface area (Å²) in [6.07, 6.45) is 0. The Kier molecular flexibility index (Phi) is 9.09. The van der Waals surface area contributed by atoms with Gasteiger partial charge in [0, 0.05) is 20.2 Å². The minimum atomic E-state index is 0.0727. The van der Waals surface area contributed by atoms with Crippen molar-refractivity contribution in [3.8, 4) is 0 Å². The first-order valence-corrected chi connectivity index (χ1v) is 6.31. The molecule has 0 rings (SSSR count). The Labute approximate surface area is 105 Å². The molecule has 0 heterocycles. The van der Waals surface area contributed by atoms with Crippen LogP contribution in [0.1, 0.15) is 27.7 Å². The van der Waals surface area contributed by atoms with E-state index in [0.29, 0.717) is 25.0 Å². The fourth-order valence-corrected chi connectivity index (χ4v) is 1.55. The quantitative estimate of drug-likeness (QED) is 0.581. The third-order valence-electron chi connectivity index (χ3n) is 2.18. The van der Waals surface area contributed by atoms with Crippen LogP contribution in [-0.2, 0) is 14.3 Å². The van der Waals surface area contributed by atoms with Gasteiger partial charge in [-0.1, -0.05) is 27.7 Å². The molecule has 102 valence electrons. The van der Waals surface area contributed by atoms with E-state index in [1.54, 1.807) is 7.11 Å². The zero-order chi connectivity index (χ0) is 13.3. The Hall–Kier alpha value is -0.610. The largest absolute Gasteiger partial charge is 0.382 e. The van der Waals surface area contributed by atoms with Crippen LogP contribution in [-0.4, -0.2) is 50.8 Å². The van der Waals surface area contributed by atoms with Crippen LogP contribution in [0.5, 0.6) is 0 Å². The first-order valence-electron chi connectivity index (χ1n) is 6.31. The van der Waals surface area contributed by atoms with Crippen molar-refractivity contribution in [3.05, 3.63) is 0 Å². The number of nitrogens with zero attached hydrogens (tertiary/aromatic N) is 1. The van der Waals surface area contributed by atoms with Crippen molar-refractivity contribution in [2.24, 2.45) is 11.8 Å². The number of rotatable bonds is 9. The first kappa shape index (κ1) is 16.4. The molecule has 0 aromatic carbocycles. The van der Waals surface area contributed by atoms with Crippen LogP contribution in [0.4, 0.5) is 0 Å². The predicted octanol–water partition coefficient (Wildman–Crippen LogP) is 1.79. The number of amides is 1. The van der Waals surface area contributed by atoms with Crippen LogP contribution in [0, 0.1) is 11.8 Å². The van der Waals surface area contributed by atoms with Crippen LogP contribution in [0.3, 0.4) is 0 Å². The standard InChI is InChI=1S/C13H27NO3/c1-11(2)8-14(9-12(3)4)13(15)10-17-7-6-16-5/h11-12H,6-10H2,1-5H3. The van der Waals surface area contributed by atoms with E-state index in [1.807, 2.05) is 4.90 Å². The van der Waals surface area contributed by atoms with Gasteiger partial charge in [-0.05, 0) is 11.8 Å². The fourth-order valence-electron chi connectivity index (χ4n) is 1.55. The lowest BCUT2D eigenvalue weighted by Gasteiger charge is -2.26. The van der Waals surface area contributed by atoms with Crippen LogP contribution in [0.15, 0.2) is 0 Å². The van der Waals surface area contributed by atoms with Crippen molar-refractivity contribution in [1.29, 1.82) is 0 Å². The van der Waals surface area contributed by atoms with E-state index in [-0.39, 0.29) is 12.5 Å². The molecule has 0 aliphatic carbocycles. The van der Waals surface area contributed by atoms with Gasteiger partial charge in [-0.25, -0.2) is 0 Å². The molecular formula is C13H27NO3. The zero-order valence-corrected chi connectivity index (χ0v) is 11.9. The summed E-state index contributed by atoms with van der Waals surface area (Å²) in [6, 6.07) is 0. The van der Waals surface area contributed by atoms with Gasteiger partial charge >= 0.3 is 0 Å². The molecule has 0 bridgehead atoms. The van der Waals surface area contributed by atoms with Crippen LogP contribution >= 0.6 is 0 Å². The van der Waals surface area contributed by atoms with Crippen LogP contribution in [0.2, 0.25) is 0 Å². The summed E-state index contributed by atoms with van der Waals surface area (Å²) in [4.78, 5) is 13.8. The van der Waals surface area contributed by atoms with Crippen molar-refractivity contribution < 1.29 is 14.3 Å². The average molecular weight is 245 g/mol. The van der Waals surface area contributed by atoms with Gasteiger partial charge in [0.15, 0.2) is 0 Å². The number of hydrogen-bond acceptors (Lipinski definition) is 3. The van der Waals surface area contributed by atoms with Gasteiger partial charge in [-0.2, -0.15) is 0 Å². The normalized spacial score (nSPS) is 11.2. The van der Waals surface area contributed by atoms with Gasteiger partial charge in [-0.3, -0.25) is 4.79 Å². The Morgan fingerprint density at radius 2 is 1.59 bits per heavy atom. The summed E-state index contributed by atoms with van der Waals surface area (Å²) < 4.78 is 10.1. The molecule has 0 N–H and O–H groups in total. The summed E-state index contributed by atoms with van der Waals surface area (Å²) >= 11 is 0. The lowest BCUT2D eigenvalue weighted by Crippen LogP contribution is -2.39. The van der Waals surface area contributed by atoms with Gasteiger partial charge in [0.05, 0.1) is 13.2 Å². The van der Waals surface area contributed by atoms with Gasteiger partial charge in [0.2, 0.25) is 5.91 Å². The highest BCUT2D eigenvalue weighted by molar-refractivity contribution is 5.77. The van der Waals surface area contributed by atoms with Crippen LogP contribution < -0.4 is 0 Å². The molecule has 0 aliphatic rings. The molecule has 0 aromatic rings. The van der Waals surface area contributed by atoms with E-state index >= 15 is 0 Å². The molecule has 0 atom stereocenters. The minimum absolute atomic E-state index is 0.0727. The third kappa shape index (κ3) is 9.12.